The standard InChI is InChI=1S/C17H16N4/c1-12-11-16(19-15-8-4-3-7-14(12)15)13(2)20-21-17-9-5-6-10-18-17/h3-11H,1-2H3,(H,18,21)/b20-13+. The minimum absolute atomic E-state index is 0.717. The van der Waals surface area contributed by atoms with Crippen molar-refractivity contribution in [3.8, 4) is 0 Å². The molecule has 0 aliphatic heterocycles. The Morgan fingerprint density at radius 2 is 1.90 bits per heavy atom. The van der Waals surface area contributed by atoms with Gasteiger partial charge in [0.2, 0.25) is 0 Å². The second kappa shape index (κ2) is 5.71. The summed E-state index contributed by atoms with van der Waals surface area (Å²) in [5.41, 5.74) is 6.83. The van der Waals surface area contributed by atoms with E-state index < -0.39 is 0 Å². The molecule has 0 aliphatic carbocycles. The number of nitrogens with one attached hydrogen (secondary N) is 1. The van der Waals surface area contributed by atoms with Gasteiger partial charge in [-0.25, -0.2) is 9.97 Å². The fourth-order valence-corrected chi connectivity index (χ4v) is 2.16. The molecule has 0 atom stereocenters. The molecule has 0 unspecified atom stereocenters. The highest BCUT2D eigenvalue weighted by Crippen LogP contribution is 2.17. The van der Waals surface area contributed by atoms with Crippen molar-refractivity contribution in [1.82, 2.24) is 9.97 Å². The topological polar surface area (TPSA) is 50.2 Å². The van der Waals surface area contributed by atoms with Gasteiger partial charge in [-0.2, -0.15) is 5.10 Å². The van der Waals surface area contributed by atoms with Gasteiger partial charge in [0.15, 0.2) is 0 Å². The lowest BCUT2D eigenvalue weighted by Gasteiger charge is -2.06. The van der Waals surface area contributed by atoms with Gasteiger partial charge in [-0.1, -0.05) is 24.3 Å². The van der Waals surface area contributed by atoms with E-state index >= 15 is 0 Å². The van der Waals surface area contributed by atoms with E-state index in [1.54, 1.807) is 6.20 Å². The Labute approximate surface area is 123 Å². The van der Waals surface area contributed by atoms with Crippen molar-refractivity contribution in [1.29, 1.82) is 0 Å². The smallest absolute Gasteiger partial charge is 0.146 e. The van der Waals surface area contributed by atoms with E-state index in [2.05, 4.69) is 39.6 Å². The van der Waals surface area contributed by atoms with Crippen molar-refractivity contribution in [2.75, 3.05) is 5.43 Å². The van der Waals surface area contributed by atoms with Crippen LogP contribution in [-0.4, -0.2) is 15.7 Å². The molecule has 1 N–H and O–H groups in total. The molecule has 3 aromatic rings. The number of fused-ring (bicyclic) bond motifs is 1. The maximum absolute atomic E-state index is 4.66. The lowest BCUT2D eigenvalue weighted by Crippen LogP contribution is -2.04. The van der Waals surface area contributed by atoms with Gasteiger partial charge >= 0.3 is 0 Å². The molecular weight excluding hydrogens is 260 g/mol. The largest absolute Gasteiger partial charge is 0.261 e. The minimum atomic E-state index is 0.717. The molecule has 4 heteroatoms. The summed E-state index contributed by atoms with van der Waals surface area (Å²) in [6.45, 7) is 4.03. The number of aryl methyl sites for hydroxylation is 1. The fraction of sp³-hybridized carbons (Fsp3) is 0.118. The third kappa shape index (κ3) is 2.89. The summed E-state index contributed by atoms with van der Waals surface area (Å²) in [7, 11) is 0. The number of anilines is 1. The Morgan fingerprint density at radius 1 is 1.10 bits per heavy atom. The molecule has 104 valence electrons. The predicted octanol–water partition coefficient (Wildman–Crippen LogP) is 3.77. The molecule has 2 heterocycles. The maximum Gasteiger partial charge on any atom is 0.146 e. The number of pyridine rings is 2. The van der Waals surface area contributed by atoms with Crippen LogP contribution in [0.25, 0.3) is 10.9 Å². The van der Waals surface area contributed by atoms with Crippen LogP contribution in [0.1, 0.15) is 18.2 Å². The van der Waals surface area contributed by atoms with Crippen molar-refractivity contribution in [3.63, 3.8) is 0 Å². The van der Waals surface area contributed by atoms with Gasteiger partial charge in [0.25, 0.3) is 0 Å². The molecule has 2 aromatic heterocycles. The van der Waals surface area contributed by atoms with Crippen molar-refractivity contribution < 1.29 is 0 Å². The molecule has 0 bridgehead atoms. The number of hydrogen-bond donors (Lipinski definition) is 1. The van der Waals surface area contributed by atoms with E-state index in [0.29, 0.717) is 0 Å². The molecule has 0 saturated carbocycles. The number of nitrogens with zero attached hydrogens (tertiary/aromatic N) is 3. The van der Waals surface area contributed by atoms with E-state index in [1.807, 2.05) is 43.3 Å². The molecule has 0 saturated heterocycles. The van der Waals surface area contributed by atoms with Gasteiger partial charge in [-0.3, -0.25) is 5.43 Å². The first-order valence-corrected chi connectivity index (χ1v) is 6.82. The average molecular weight is 276 g/mol. The van der Waals surface area contributed by atoms with Crippen LogP contribution in [0.5, 0.6) is 0 Å². The van der Waals surface area contributed by atoms with Crippen molar-refractivity contribution >= 4 is 22.4 Å². The Kier molecular flexibility index (Phi) is 3.60. The zero-order chi connectivity index (χ0) is 14.7. The average Bonchev–Trinajstić information content (AvgIpc) is 2.53. The predicted molar refractivity (Wildman–Crippen MR) is 86.6 cm³/mol. The summed E-state index contributed by atoms with van der Waals surface area (Å²) >= 11 is 0. The Morgan fingerprint density at radius 3 is 2.71 bits per heavy atom. The first-order chi connectivity index (χ1) is 10.2. The van der Waals surface area contributed by atoms with Crippen LogP contribution in [0.4, 0.5) is 5.82 Å². The maximum atomic E-state index is 4.66. The zero-order valence-electron chi connectivity index (χ0n) is 12.0. The highest BCUT2D eigenvalue weighted by molar-refractivity contribution is 5.99. The molecule has 0 amide bonds. The van der Waals surface area contributed by atoms with Crippen LogP contribution in [0, 0.1) is 6.92 Å². The lowest BCUT2D eigenvalue weighted by atomic mass is 10.1. The Bertz CT molecular complexity index is 794. The van der Waals surface area contributed by atoms with Gasteiger partial charge < -0.3 is 0 Å². The number of aromatic nitrogens is 2. The molecular formula is C17H16N4. The van der Waals surface area contributed by atoms with E-state index in [9.17, 15) is 0 Å². The summed E-state index contributed by atoms with van der Waals surface area (Å²) in [4.78, 5) is 8.83. The Hall–Kier alpha value is -2.75. The number of rotatable bonds is 3. The highest BCUT2D eigenvalue weighted by atomic mass is 15.3. The normalized spacial score (nSPS) is 11.6. The SMILES string of the molecule is C/C(=N\Nc1ccccn1)c1cc(C)c2ccccc2n1. The van der Waals surface area contributed by atoms with Gasteiger partial charge in [-0.15, -0.1) is 0 Å². The van der Waals surface area contributed by atoms with Crippen molar-refractivity contribution in [2.45, 2.75) is 13.8 Å². The summed E-state index contributed by atoms with van der Waals surface area (Å²) in [6, 6.07) is 15.8. The second-order valence-corrected chi connectivity index (χ2v) is 4.87. The molecule has 0 aliphatic rings. The van der Waals surface area contributed by atoms with Gasteiger partial charge in [0.1, 0.15) is 5.82 Å². The van der Waals surface area contributed by atoms with Crippen LogP contribution >= 0.6 is 0 Å². The quantitative estimate of drug-likeness (QED) is 0.585. The molecule has 1 aromatic carbocycles. The summed E-state index contributed by atoms with van der Waals surface area (Å²) in [6.07, 6.45) is 1.73. The molecule has 21 heavy (non-hydrogen) atoms. The second-order valence-electron chi connectivity index (χ2n) is 4.87. The Balaban J connectivity index is 1.92. The molecule has 0 fully saturated rings. The molecule has 3 rings (SSSR count). The summed E-state index contributed by atoms with van der Waals surface area (Å²) in [5.74, 6) is 0.717. The van der Waals surface area contributed by atoms with E-state index in [-0.39, 0.29) is 0 Å². The van der Waals surface area contributed by atoms with Gasteiger partial charge in [0.05, 0.1) is 16.9 Å². The number of hydrazone groups is 1. The summed E-state index contributed by atoms with van der Waals surface area (Å²) < 4.78 is 0. The fourth-order valence-electron chi connectivity index (χ4n) is 2.16. The van der Waals surface area contributed by atoms with E-state index in [1.165, 1.54) is 10.9 Å². The van der Waals surface area contributed by atoms with Crippen LogP contribution in [0.15, 0.2) is 59.8 Å². The molecule has 0 spiro atoms. The number of para-hydroxylation sites is 1. The first kappa shape index (κ1) is 13.2. The van der Waals surface area contributed by atoms with Crippen LogP contribution in [0.3, 0.4) is 0 Å². The number of benzene rings is 1. The highest BCUT2D eigenvalue weighted by Gasteiger charge is 2.05. The first-order valence-electron chi connectivity index (χ1n) is 6.82. The molecule has 0 radical (unpaired) electrons. The van der Waals surface area contributed by atoms with Crippen LogP contribution in [-0.2, 0) is 0 Å². The third-order valence-corrected chi connectivity index (χ3v) is 3.30. The van der Waals surface area contributed by atoms with Crippen molar-refractivity contribution in [3.05, 3.63) is 66.0 Å². The van der Waals surface area contributed by atoms with Crippen molar-refractivity contribution in [2.24, 2.45) is 5.10 Å². The van der Waals surface area contributed by atoms with E-state index in [0.717, 1.165) is 22.7 Å². The lowest BCUT2D eigenvalue weighted by molar-refractivity contribution is 1.21. The van der Waals surface area contributed by atoms with E-state index in [4.69, 9.17) is 0 Å². The summed E-state index contributed by atoms with van der Waals surface area (Å²) in [5, 5.41) is 5.53. The van der Waals surface area contributed by atoms with Crippen LogP contribution < -0.4 is 5.43 Å². The minimum Gasteiger partial charge on any atom is -0.261 e. The van der Waals surface area contributed by atoms with Gasteiger partial charge in [0, 0.05) is 11.6 Å². The van der Waals surface area contributed by atoms with Crippen LogP contribution in [0.2, 0.25) is 0 Å². The molecule has 4 nitrogen and oxygen atoms in total. The third-order valence-electron chi connectivity index (χ3n) is 3.30. The number of hydrogen-bond acceptors (Lipinski definition) is 4. The monoisotopic (exact) mass is 276 g/mol. The van der Waals surface area contributed by atoms with Gasteiger partial charge in [-0.05, 0) is 43.7 Å². The zero-order valence-corrected chi connectivity index (χ0v) is 12.0.